The average molecular weight is 203 g/mol. The van der Waals surface area contributed by atoms with Crippen LogP contribution in [-0.2, 0) is 0 Å². The normalized spacial score (nSPS) is 9.64. The number of rotatable bonds is 2. The van der Waals surface area contributed by atoms with E-state index in [2.05, 4.69) is 5.32 Å². The minimum absolute atomic E-state index is 0.211. The molecule has 0 amide bonds. The average Bonchev–Trinajstić information content (AvgIpc) is 2.16. The molecule has 0 saturated carbocycles. The van der Waals surface area contributed by atoms with Gasteiger partial charge >= 0.3 is 0 Å². The van der Waals surface area contributed by atoms with Gasteiger partial charge in [-0.2, -0.15) is 5.26 Å². The maximum atomic E-state index is 8.39. The van der Waals surface area contributed by atoms with Crippen molar-refractivity contribution in [1.29, 1.82) is 5.26 Å². The summed E-state index contributed by atoms with van der Waals surface area (Å²) in [6.45, 7) is 0. The monoisotopic (exact) mass is 203 g/mol. The van der Waals surface area contributed by atoms with E-state index in [9.17, 15) is 0 Å². The Morgan fingerprint density at radius 3 is 2.86 bits per heavy atom. The highest BCUT2D eigenvalue weighted by Gasteiger charge is 1.97. The molecule has 1 aromatic rings. The van der Waals surface area contributed by atoms with E-state index in [4.69, 9.17) is 23.2 Å². The van der Waals surface area contributed by atoms with Gasteiger partial charge in [0.15, 0.2) is 5.11 Å². The first-order valence-electron chi connectivity index (χ1n) is 3.95. The lowest BCUT2D eigenvalue weighted by molar-refractivity contribution is 1.53. The third-order valence-corrected chi connectivity index (χ3v) is 1.66. The maximum Gasteiger partial charge on any atom is 0.168 e. The molecule has 0 bridgehead atoms. The molecule has 4 heteroatoms. The van der Waals surface area contributed by atoms with Crippen LogP contribution in [0.15, 0.2) is 30.3 Å². The number of nitrogens with one attached hydrogen (secondary N) is 1. The summed E-state index contributed by atoms with van der Waals surface area (Å²) in [5.41, 5.74) is 7.03. The topological polar surface area (TPSA) is 61.8 Å². The fourth-order valence-corrected chi connectivity index (χ4v) is 1.13. The molecular weight excluding hydrogens is 194 g/mol. The van der Waals surface area contributed by atoms with Crippen molar-refractivity contribution in [2.45, 2.75) is 0 Å². The zero-order valence-electron chi connectivity index (χ0n) is 7.40. The van der Waals surface area contributed by atoms with Crippen LogP contribution in [0.25, 0.3) is 6.08 Å². The molecule has 0 aliphatic carbocycles. The zero-order valence-corrected chi connectivity index (χ0v) is 8.21. The number of hydrogen-bond acceptors (Lipinski definition) is 2. The lowest BCUT2D eigenvalue weighted by Gasteiger charge is -2.06. The minimum atomic E-state index is 0.211. The van der Waals surface area contributed by atoms with E-state index in [0.717, 1.165) is 11.3 Å². The van der Waals surface area contributed by atoms with Gasteiger partial charge in [0.05, 0.1) is 6.07 Å². The molecule has 0 spiro atoms. The van der Waals surface area contributed by atoms with E-state index in [1.807, 2.05) is 30.3 Å². The summed E-state index contributed by atoms with van der Waals surface area (Å²) in [5, 5.41) is 11.4. The van der Waals surface area contributed by atoms with E-state index in [1.54, 1.807) is 6.08 Å². The number of para-hydroxylation sites is 1. The molecule has 3 nitrogen and oxygen atoms in total. The molecule has 1 rings (SSSR count). The molecular formula is C10H9N3S. The van der Waals surface area contributed by atoms with Crippen molar-refractivity contribution in [1.82, 2.24) is 0 Å². The molecule has 0 heterocycles. The van der Waals surface area contributed by atoms with Crippen LogP contribution < -0.4 is 11.1 Å². The number of nitrogens with zero attached hydrogens (tertiary/aromatic N) is 1. The van der Waals surface area contributed by atoms with E-state index in [0.29, 0.717) is 0 Å². The third kappa shape index (κ3) is 2.88. The van der Waals surface area contributed by atoms with Gasteiger partial charge in [-0.1, -0.05) is 18.2 Å². The van der Waals surface area contributed by atoms with Crippen molar-refractivity contribution >= 4 is 29.1 Å². The first-order valence-corrected chi connectivity index (χ1v) is 4.36. The quantitative estimate of drug-likeness (QED) is 0.569. The fourth-order valence-electron chi connectivity index (χ4n) is 1.02. The maximum absolute atomic E-state index is 8.39. The highest BCUT2D eigenvalue weighted by Crippen LogP contribution is 2.15. The van der Waals surface area contributed by atoms with Gasteiger partial charge < -0.3 is 11.1 Å². The van der Waals surface area contributed by atoms with Gasteiger partial charge in [-0.05, 0) is 29.9 Å². The van der Waals surface area contributed by atoms with Crippen molar-refractivity contribution in [2.75, 3.05) is 5.32 Å². The lowest BCUT2D eigenvalue weighted by Crippen LogP contribution is -2.19. The third-order valence-electron chi connectivity index (χ3n) is 1.56. The summed E-state index contributed by atoms with van der Waals surface area (Å²) in [4.78, 5) is 0. The highest BCUT2D eigenvalue weighted by molar-refractivity contribution is 7.80. The second kappa shape index (κ2) is 5.00. The highest BCUT2D eigenvalue weighted by atomic mass is 32.1. The molecule has 70 valence electrons. The van der Waals surface area contributed by atoms with Crippen LogP contribution in [0.2, 0.25) is 0 Å². The number of hydrogen-bond donors (Lipinski definition) is 2. The number of anilines is 1. The molecule has 14 heavy (non-hydrogen) atoms. The van der Waals surface area contributed by atoms with Crippen molar-refractivity contribution in [3.63, 3.8) is 0 Å². The summed E-state index contributed by atoms with van der Waals surface area (Å²) in [6, 6.07) is 9.38. The van der Waals surface area contributed by atoms with E-state index < -0.39 is 0 Å². The number of thiocarbonyl (C=S) groups is 1. The Labute approximate surface area is 87.8 Å². The molecule has 0 fully saturated rings. The first-order chi connectivity index (χ1) is 6.74. The van der Waals surface area contributed by atoms with Crippen LogP contribution in [0.3, 0.4) is 0 Å². The molecule has 0 atom stereocenters. The number of nitriles is 1. The zero-order chi connectivity index (χ0) is 10.4. The molecule has 0 aromatic heterocycles. The van der Waals surface area contributed by atoms with Gasteiger partial charge in [0.2, 0.25) is 0 Å². The first kappa shape index (κ1) is 10.2. The Morgan fingerprint density at radius 2 is 2.21 bits per heavy atom. The Balaban J connectivity index is 2.98. The van der Waals surface area contributed by atoms with Crippen LogP contribution in [0, 0.1) is 11.3 Å². The lowest BCUT2D eigenvalue weighted by atomic mass is 10.1. The number of benzene rings is 1. The van der Waals surface area contributed by atoms with Gasteiger partial charge in [0, 0.05) is 11.8 Å². The molecule has 1 aromatic carbocycles. The number of allylic oxidation sites excluding steroid dienone is 1. The van der Waals surface area contributed by atoms with Crippen molar-refractivity contribution in [3.05, 3.63) is 35.9 Å². The second-order valence-corrected chi connectivity index (χ2v) is 2.98. The van der Waals surface area contributed by atoms with Crippen molar-refractivity contribution in [2.24, 2.45) is 5.73 Å². The van der Waals surface area contributed by atoms with Crippen molar-refractivity contribution < 1.29 is 0 Å². The molecule has 0 aliphatic rings. The predicted octanol–water partition coefficient (Wildman–Crippen LogP) is 1.88. The summed E-state index contributed by atoms with van der Waals surface area (Å²) < 4.78 is 0. The Kier molecular flexibility index (Phi) is 3.65. The van der Waals surface area contributed by atoms with Crippen LogP contribution in [0.1, 0.15) is 5.56 Å². The van der Waals surface area contributed by atoms with Crippen LogP contribution in [0.5, 0.6) is 0 Å². The van der Waals surface area contributed by atoms with Gasteiger partial charge in [-0.25, -0.2) is 0 Å². The molecule has 0 radical (unpaired) electrons. The fraction of sp³-hybridized carbons (Fsp3) is 0. The Morgan fingerprint density at radius 1 is 1.50 bits per heavy atom. The number of nitrogens with two attached hydrogens (primary N) is 1. The molecule has 0 unspecified atom stereocenters. The largest absolute Gasteiger partial charge is 0.376 e. The van der Waals surface area contributed by atoms with Gasteiger partial charge in [-0.3, -0.25) is 0 Å². The summed E-state index contributed by atoms with van der Waals surface area (Å²) in [7, 11) is 0. The van der Waals surface area contributed by atoms with E-state index in [1.165, 1.54) is 6.08 Å². The molecule has 0 aliphatic heterocycles. The SMILES string of the molecule is N#CC=Cc1ccccc1NC(N)=S. The van der Waals surface area contributed by atoms with Crippen LogP contribution in [-0.4, -0.2) is 5.11 Å². The standard InChI is InChI=1S/C10H9N3S/c11-7-3-5-8-4-1-2-6-9(8)13-10(12)14/h1-6H,(H3,12,13,14). The van der Waals surface area contributed by atoms with E-state index >= 15 is 0 Å². The van der Waals surface area contributed by atoms with Gasteiger partial charge in [-0.15, -0.1) is 0 Å². The smallest absolute Gasteiger partial charge is 0.168 e. The second-order valence-electron chi connectivity index (χ2n) is 2.54. The van der Waals surface area contributed by atoms with Gasteiger partial charge in [0.1, 0.15) is 0 Å². The molecule has 3 N–H and O–H groups in total. The van der Waals surface area contributed by atoms with Crippen molar-refractivity contribution in [3.8, 4) is 6.07 Å². The predicted molar refractivity (Wildman–Crippen MR) is 61.5 cm³/mol. The summed E-state index contributed by atoms with van der Waals surface area (Å²) in [6.07, 6.45) is 3.10. The van der Waals surface area contributed by atoms with Crippen LogP contribution >= 0.6 is 12.2 Å². The summed E-state index contributed by atoms with van der Waals surface area (Å²) in [5.74, 6) is 0. The van der Waals surface area contributed by atoms with E-state index in [-0.39, 0.29) is 5.11 Å². The van der Waals surface area contributed by atoms with Gasteiger partial charge in [0.25, 0.3) is 0 Å². The Bertz CT molecular complexity index is 404. The van der Waals surface area contributed by atoms with Crippen LogP contribution in [0.4, 0.5) is 5.69 Å². The molecule has 0 saturated heterocycles. The minimum Gasteiger partial charge on any atom is -0.376 e. The summed E-state index contributed by atoms with van der Waals surface area (Å²) >= 11 is 4.73. The Hall–Kier alpha value is -1.86.